The van der Waals surface area contributed by atoms with Gasteiger partial charge in [0.15, 0.2) is 0 Å². The molecule has 0 spiro atoms. The predicted octanol–water partition coefficient (Wildman–Crippen LogP) is 2.75. The number of nitrogens with zero attached hydrogens (tertiary/aromatic N) is 3. The molecule has 2 heterocycles. The highest BCUT2D eigenvalue weighted by Gasteiger charge is 2.12. The van der Waals surface area contributed by atoms with Crippen LogP contribution in [0.25, 0.3) is 0 Å². The van der Waals surface area contributed by atoms with Crippen LogP contribution in [0.2, 0.25) is 0 Å². The Bertz CT molecular complexity index is 901. The number of nitrogens with one attached hydrogen (secondary N) is 2. The minimum atomic E-state index is -0.347. The van der Waals surface area contributed by atoms with Crippen LogP contribution in [0.4, 0.5) is 11.6 Å². The highest BCUT2D eigenvalue weighted by molar-refractivity contribution is 6.04. The zero-order valence-electron chi connectivity index (χ0n) is 15.0. The fourth-order valence-electron chi connectivity index (χ4n) is 2.33. The molecular weight excluding hydrogens is 346 g/mol. The maximum atomic E-state index is 12.5. The molecule has 8 heteroatoms. The highest BCUT2D eigenvalue weighted by atomic mass is 16.5. The number of anilines is 2. The number of amides is 1. The van der Waals surface area contributed by atoms with E-state index in [2.05, 4.69) is 25.6 Å². The molecule has 8 nitrogen and oxygen atoms in total. The standard InChI is InChI=1S/C19H19N5O3/c1-26-15-5-6-17(27-2)16(8-15)24-18(25)14-11-22-19(23-12-14)21-10-13-4-3-7-20-9-13/h3-9,11-12H,10H2,1-2H3,(H,24,25)(H,21,22,23). The SMILES string of the molecule is COc1ccc(OC)c(NC(=O)c2cnc(NCc3cccnc3)nc2)c1. The van der Waals surface area contributed by atoms with E-state index in [0.717, 1.165) is 5.56 Å². The summed E-state index contributed by atoms with van der Waals surface area (Å²) in [5.41, 5.74) is 1.83. The molecule has 0 saturated carbocycles. The first-order valence-electron chi connectivity index (χ1n) is 8.18. The third-order valence-corrected chi connectivity index (χ3v) is 3.74. The lowest BCUT2D eigenvalue weighted by Crippen LogP contribution is -2.14. The summed E-state index contributed by atoms with van der Waals surface area (Å²) in [6.45, 7) is 0.542. The van der Waals surface area contributed by atoms with Gasteiger partial charge < -0.3 is 20.1 Å². The molecule has 0 bridgehead atoms. The van der Waals surface area contributed by atoms with Crippen molar-refractivity contribution in [1.82, 2.24) is 15.0 Å². The van der Waals surface area contributed by atoms with Crippen molar-refractivity contribution in [2.45, 2.75) is 6.54 Å². The van der Waals surface area contributed by atoms with Gasteiger partial charge in [0.1, 0.15) is 11.5 Å². The highest BCUT2D eigenvalue weighted by Crippen LogP contribution is 2.29. The zero-order chi connectivity index (χ0) is 19.1. The van der Waals surface area contributed by atoms with Crippen molar-refractivity contribution >= 4 is 17.5 Å². The van der Waals surface area contributed by atoms with E-state index in [1.54, 1.807) is 37.7 Å². The smallest absolute Gasteiger partial charge is 0.258 e. The maximum Gasteiger partial charge on any atom is 0.258 e. The van der Waals surface area contributed by atoms with Crippen molar-refractivity contribution in [1.29, 1.82) is 0 Å². The molecule has 27 heavy (non-hydrogen) atoms. The molecule has 0 fully saturated rings. The normalized spacial score (nSPS) is 10.1. The number of ether oxygens (including phenoxy) is 2. The molecule has 1 amide bonds. The molecule has 0 aliphatic heterocycles. The summed E-state index contributed by atoms with van der Waals surface area (Å²) in [5.74, 6) is 1.21. The Morgan fingerprint density at radius 2 is 1.89 bits per heavy atom. The molecular formula is C19H19N5O3. The van der Waals surface area contributed by atoms with Gasteiger partial charge in [-0.2, -0.15) is 0 Å². The van der Waals surface area contributed by atoms with Crippen molar-refractivity contribution in [3.05, 3.63) is 66.2 Å². The molecule has 3 rings (SSSR count). The van der Waals surface area contributed by atoms with Gasteiger partial charge in [0.2, 0.25) is 5.95 Å². The van der Waals surface area contributed by atoms with Gasteiger partial charge in [-0.1, -0.05) is 6.07 Å². The lowest BCUT2D eigenvalue weighted by atomic mass is 10.2. The predicted molar refractivity (Wildman–Crippen MR) is 101 cm³/mol. The summed E-state index contributed by atoms with van der Waals surface area (Å²) < 4.78 is 10.4. The largest absolute Gasteiger partial charge is 0.497 e. The minimum absolute atomic E-state index is 0.326. The fraction of sp³-hybridized carbons (Fsp3) is 0.158. The number of carbonyl (C=O) groups excluding carboxylic acids is 1. The van der Waals surface area contributed by atoms with Crippen LogP contribution in [-0.2, 0) is 6.54 Å². The van der Waals surface area contributed by atoms with Crippen molar-refractivity contribution in [2.24, 2.45) is 0 Å². The molecule has 0 radical (unpaired) electrons. The average Bonchev–Trinajstić information content (AvgIpc) is 2.73. The van der Waals surface area contributed by atoms with Crippen molar-refractivity contribution in [2.75, 3.05) is 24.9 Å². The molecule has 0 atom stereocenters. The molecule has 2 aromatic heterocycles. The third-order valence-electron chi connectivity index (χ3n) is 3.74. The summed E-state index contributed by atoms with van der Waals surface area (Å²) in [4.78, 5) is 24.9. The van der Waals surface area contributed by atoms with E-state index >= 15 is 0 Å². The van der Waals surface area contributed by atoms with Gasteiger partial charge >= 0.3 is 0 Å². The average molecular weight is 365 g/mol. The molecule has 2 N–H and O–H groups in total. The molecule has 138 valence electrons. The van der Waals surface area contributed by atoms with Gasteiger partial charge in [-0.3, -0.25) is 9.78 Å². The maximum absolute atomic E-state index is 12.5. The Labute approximate surface area is 156 Å². The number of aromatic nitrogens is 3. The minimum Gasteiger partial charge on any atom is -0.497 e. The lowest BCUT2D eigenvalue weighted by molar-refractivity contribution is 0.102. The van der Waals surface area contributed by atoms with Gasteiger partial charge in [-0.25, -0.2) is 9.97 Å². The zero-order valence-corrected chi connectivity index (χ0v) is 15.0. The summed E-state index contributed by atoms with van der Waals surface area (Å²) in [6, 6.07) is 8.96. The monoisotopic (exact) mass is 365 g/mol. The van der Waals surface area contributed by atoms with Crippen molar-refractivity contribution in [3.63, 3.8) is 0 Å². The molecule has 0 unspecified atom stereocenters. The molecule has 0 saturated heterocycles. The van der Waals surface area contributed by atoms with Crippen LogP contribution in [0, 0.1) is 0 Å². The van der Waals surface area contributed by atoms with Crippen LogP contribution in [0.1, 0.15) is 15.9 Å². The summed E-state index contributed by atoms with van der Waals surface area (Å²) in [7, 11) is 3.09. The van der Waals surface area contributed by atoms with Gasteiger partial charge in [0, 0.05) is 37.4 Å². The van der Waals surface area contributed by atoms with Gasteiger partial charge in [-0.15, -0.1) is 0 Å². The van der Waals surface area contributed by atoms with E-state index in [0.29, 0.717) is 35.2 Å². The number of carbonyl (C=O) groups is 1. The van der Waals surface area contributed by atoms with Crippen LogP contribution >= 0.6 is 0 Å². The Hall–Kier alpha value is -3.68. The second-order valence-electron chi connectivity index (χ2n) is 5.53. The van der Waals surface area contributed by atoms with Gasteiger partial charge in [0.25, 0.3) is 5.91 Å². The number of rotatable bonds is 7. The molecule has 0 aliphatic carbocycles. The van der Waals surface area contributed by atoms with Crippen molar-refractivity contribution in [3.8, 4) is 11.5 Å². The van der Waals surface area contributed by atoms with Crippen LogP contribution in [0.3, 0.4) is 0 Å². The number of methoxy groups -OCH3 is 2. The first-order valence-corrected chi connectivity index (χ1v) is 8.18. The molecule has 0 aliphatic rings. The Kier molecular flexibility index (Phi) is 5.78. The summed E-state index contributed by atoms with van der Waals surface area (Å²) in [5, 5.41) is 5.86. The second kappa shape index (κ2) is 8.61. The number of hydrogen-bond acceptors (Lipinski definition) is 7. The first-order chi connectivity index (χ1) is 13.2. The Balaban J connectivity index is 1.65. The Morgan fingerprint density at radius 1 is 1.07 bits per heavy atom. The lowest BCUT2D eigenvalue weighted by Gasteiger charge is -2.11. The molecule has 1 aromatic carbocycles. The number of benzene rings is 1. The van der Waals surface area contributed by atoms with Crippen LogP contribution in [0.15, 0.2) is 55.1 Å². The van der Waals surface area contributed by atoms with E-state index in [-0.39, 0.29) is 5.91 Å². The van der Waals surface area contributed by atoms with Crippen LogP contribution in [0.5, 0.6) is 11.5 Å². The Morgan fingerprint density at radius 3 is 2.56 bits per heavy atom. The van der Waals surface area contributed by atoms with E-state index in [4.69, 9.17) is 9.47 Å². The quantitative estimate of drug-likeness (QED) is 0.664. The topological polar surface area (TPSA) is 98.3 Å². The van der Waals surface area contributed by atoms with Gasteiger partial charge in [0.05, 0.1) is 25.5 Å². The number of hydrogen-bond donors (Lipinski definition) is 2. The van der Waals surface area contributed by atoms with E-state index in [1.807, 2.05) is 12.1 Å². The van der Waals surface area contributed by atoms with Gasteiger partial charge in [-0.05, 0) is 23.8 Å². The van der Waals surface area contributed by atoms with E-state index < -0.39 is 0 Å². The third kappa shape index (κ3) is 4.69. The number of pyridine rings is 1. The van der Waals surface area contributed by atoms with E-state index in [9.17, 15) is 4.79 Å². The second-order valence-corrected chi connectivity index (χ2v) is 5.53. The summed E-state index contributed by atoms with van der Waals surface area (Å²) in [6.07, 6.45) is 6.39. The first kappa shape index (κ1) is 18.1. The molecule has 3 aromatic rings. The van der Waals surface area contributed by atoms with Crippen LogP contribution < -0.4 is 20.1 Å². The summed E-state index contributed by atoms with van der Waals surface area (Å²) >= 11 is 0. The van der Waals surface area contributed by atoms with Crippen LogP contribution in [-0.4, -0.2) is 35.1 Å². The fourth-order valence-corrected chi connectivity index (χ4v) is 2.33. The van der Waals surface area contributed by atoms with E-state index in [1.165, 1.54) is 19.5 Å². The van der Waals surface area contributed by atoms with Crippen molar-refractivity contribution < 1.29 is 14.3 Å².